The number of ether oxygens (including phenoxy) is 1. The van der Waals surface area contributed by atoms with E-state index in [0.29, 0.717) is 12.0 Å². The lowest BCUT2D eigenvalue weighted by atomic mass is 9.89. The highest BCUT2D eigenvalue weighted by atomic mass is 16.5. The third-order valence-electron chi connectivity index (χ3n) is 3.42. The fourth-order valence-corrected chi connectivity index (χ4v) is 2.51. The van der Waals surface area contributed by atoms with E-state index in [-0.39, 0.29) is 0 Å². The number of rotatable bonds is 4. The van der Waals surface area contributed by atoms with Crippen molar-refractivity contribution in [1.29, 1.82) is 0 Å². The molecule has 0 saturated carbocycles. The van der Waals surface area contributed by atoms with Gasteiger partial charge < -0.3 is 10.1 Å². The van der Waals surface area contributed by atoms with Crippen molar-refractivity contribution in [2.75, 3.05) is 19.8 Å². The SMILES string of the molecule is CCNC(c1cc(C)ccn1)C1CCOCC1. The van der Waals surface area contributed by atoms with Crippen LogP contribution in [0.1, 0.15) is 37.1 Å². The van der Waals surface area contributed by atoms with Gasteiger partial charge in [-0.2, -0.15) is 0 Å². The number of nitrogens with one attached hydrogen (secondary N) is 1. The summed E-state index contributed by atoms with van der Waals surface area (Å²) < 4.78 is 5.44. The first kappa shape index (κ1) is 12.5. The van der Waals surface area contributed by atoms with Gasteiger partial charge in [0.25, 0.3) is 0 Å². The van der Waals surface area contributed by atoms with Gasteiger partial charge in [0.1, 0.15) is 0 Å². The van der Waals surface area contributed by atoms with E-state index in [9.17, 15) is 0 Å². The van der Waals surface area contributed by atoms with Gasteiger partial charge in [-0.3, -0.25) is 4.98 Å². The summed E-state index contributed by atoms with van der Waals surface area (Å²) in [4.78, 5) is 4.53. The summed E-state index contributed by atoms with van der Waals surface area (Å²) >= 11 is 0. The van der Waals surface area contributed by atoms with E-state index in [0.717, 1.165) is 32.6 Å². The molecule has 1 fully saturated rings. The number of hydrogen-bond donors (Lipinski definition) is 1. The van der Waals surface area contributed by atoms with Gasteiger partial charge in [0.2, 0.25) is 0 Å². The minimum absolute atomic E-state index is 0.379. The Morgan fingerprint density at radius 1 is 1.47 bits per heavy atom. The zero-order valence-electron chi connectivity index (χ0n) is 10.8. The molecule has 0 aromatic carbocycles. The molecule has 0 bridgehead atoms. The Morgan fingerprint density at radius 2 is 2.24 bits per heavy atom. The summed E-state index contributed by atoms with van der Waals surface area (Å²) in [6.07, 6.45) is 4.18. The topological polar surface area (TPSA) is 34.2 Å². The van der Waals surface area contributed by atoms with Crippen LogP contribution in [0.3, 0.4) is 0 Å². The van der Waals surface area contributed by atoms with Crippen LogP contribution in [-0.2, 0) is 4.74 Å². The summed E-state index contributed by atoms with van der Waals surface area (Å²) in [6.45, 7) is 7.04. The molecular formula is C14H22N2O. The average Bonchev–Trinajstić information content (AvgIpc) is 2.37. The first-order chi connectivity index (χ1) is 8.31. The van der Waals surface area contributed by atoms with Gasteiger partial charge in [-0.05, 0) is 49.9 Å². The minimum Gasteiger partial charge on any atom is -0.381 e. The second-order valence-electron chi connectivity index (χ2n) is 4.74. The molecule has 1 aliphatic rings. The fraction of sp³-hybridized carbons (Fsp3) is 0.643. The molecule has 3 nitrogen and oxygen atoms in total. The Morgan fingerprint density at radius 3 is 2.88 bits per heavy atom. The highest BCUT2D eigenvalue weighted by molar-refractivity contribution is 5.18. The molecule has 1 aromatic rings. The molecule has 3 heteroatoms. The summed E-state index contributed by atoms with van der Waals surface area (Å²) in [7, 11) is 0. The van der Waals surface area contributed by atoms with Crippen molar-refractivity contribution in [2.24, 2.45) is 5.92 Å². The van der Waals surface area contributed by atoms with Crippen LogP contribution in [-0.4, -0.2) is 24.7 Å². The van der Waals surface area contributed by atoms with E-state index in [1.807, 2.05) is 6.20 Å². The van der Waals surface area contributed by atoms with E-state index < -0.39 is 0 Å². The predicted molar refractivity (Wildman–Crippen MR) is 68.9 cm³/mol. The van der Waals surface area contributed by atoms with Crippen molar-refractivity contribution in [3.63, 3.8) is 0 Å². The summed E-state index contributed by atoms with van der Waals surface area (Å²) in [6, 6.07) is 4.63. The van der Waals surface area contributed by atoms with Crippen LogP contribution in [0, 0.1) is 12.8 Å². The molecule has 1 unspecified atom stereocenters. The van der Waals surface area contributed by atoms with E-state index in [4.69, 9.17) is 4.74 Å². The van der Waals surface area contributed by atoms with Gasteiger partial charge >= 0.3 is 0 Å². The fourth-order valence-electron chi connectivity index (χ4n) is 2.51. The third kappa shape index (κ3) is 3.27. The Balaban J connectivity index is 2.15. The Hall–Kier alpha value is -0.930. The van der Waals surface area contributed by atoms with Crippen LogP contribution in [0.4, 0.5) is 0 Å². The second-order valence-corrected chi connectivity index (χ2v) is 4.74. The summed E-state index contributed by atoms with van der Waals surface area (Å²) in [5.74, 6) is 0.651. The third-order valence-corrected chi connectivity index (χ3v) is 3.42. The monoisotopic (exact) mass is 234 g/mol. The van der Waals surface area contributed by atoms with E-state index in [1.54, 1.807) is 0 Å². The van der Waals surface area contributed by atoms with Crippen molar-refractivity contribution < 1.29 is 4.74 Å². The second kappa shape index (κ2) is 6.12. The highest BCUT2D eigenvalue weighted by Gasteiger charge is 2.25. The van der Waals surface area contributed by atoms with Crippen LogP contribution in [0.2, 0.25) is 0 Å². The van der Waals surface area contributed by atoms with Crippen molar-refractivity contribution >= 4 is 0 Å². The number of nitrogens with zero attached hydrogens (tertiary/aromatic N) is 1. The molecule has 1 atom stereocenters. The highest BCUT2D eigenvalue weighted by Crippen LogP contribution is 2.29. The molecule has 1 saturated heterocycles. The standard InChI is InChI=1S/C14H22N2O/c1-3-15-14(12-5-8-17-9-6-12)13-10-11(2)4-7-16-13/h4,7,10,12,14-15H,3,5-6,8-9H2,1-2H3. The molecule has 1 N–H and O–H groups in total. The van der Waals surface area contributed by atoms with Gasteiger partial charge in [-0.25, -0.2) is 0 Å². The Kier molecular flexibility index (Phi) is 4.51. The van der Waals surface area contributed by atoms with E-state index in [1.165, 1.54) is 11.3 Å². The smallest absolute Gasteiger partial charge is 0.0578 e. The lowest BCUT2D eigenvalue weighted by Gasteiger charge is -2.30. The Bertz CT molecular complexity index is 348. The molecule has 17 heavy (non-hydrogen) atoms. The van der Waals surface area contributed by atoms with E-state index in [2.05, 4.69) is 36.3 Å². The molecule has 0 aliphatic carbocycles. The normalized spacial score (nSPS) is 19.2. The molecule has 2 rings (SSSR count). The summed E-state index contributed by atoms with van der Waals surface area (Å²) in [5, 5.41) is 3.58. The zero-order valence-corrected chi connectivity index (χ0v) is 10.8. The number of hydrogen-bond acceptors (Lipinski definition) is 3. The molecule has 94 valence electrons. The van der Waals surface area contributed by atoms with Gasteiger partial charge in [0.05, 0.1) is 11.7 Å². The first-order valence-electron chi connectivity index (χ1n) is 6.55. The maximum Gasteiger partial charge on any atom is 0.0578 e. The van der Waals surface area contributed by atoms with Crippen LogP contribution in [0.5, 0.6) is 0 Å². The molecule has 0 amide bonds. The van der Waals surface area contributed by atoms with Crippen molar-refractivity contribution in [3.05, 3.63) is 29.6 Å². The van der Waals surface area contributed by atoms with Crippen molar-refractivity contribution in [3.8, 4) is 0 Å². The molecule has 0 spiro atoms. The van der Waals surface area contributed by atoms with Crippen LogP contribution in [0.15, 0.2) is 18.3 Å². The minimum atomic E-state index is 0.379. The predicted octanol–water partition coefficient (Wildman–Crippen LogP) is 2.47. The molecule has 1 aromatic heterocycles. The summed E-state index contributed by atoms with van der Waals surface area (Å²) in [5.41, 5.74) is 2.46. The van der Waals surface area contributed by atoms with Gasteiger partial charge in [-0.15, -0.1) is 0 Å². The van der Waals surface area contributed by atoms with E-state index >= 15 is 0 Å². The van der Waals surface area contributed by atoms with Gasteiger partial charge in [-0.1, -0.05) is 6.92 Å². The maximum absolute atomic E-state index is 5.44. The molecule has 0 radical (unpaired) electrons. The first-order valence-corrected chi connectivity index (χ1v) is 6.55. The van der Waals surface area contributed by atoms with Crippen LogP contribution < -0.4 is 5.32 Å². The quantitative estimate of drug-likeness (QED) is 0.869. The van der Waals surface area contributed by atoms with Crippen LogP contribution >= 0.6 is 0 Å². The number of aromatic nitrogens is 1. The largest absolute Gasteiger partial charge is 0.381 e. The lowest BCUT2D eigenvalue weighted by molar-refractivity contribution is 0.0533. The average molecular weight is 234 g/mol. The van der Waals surface area contributed by atoms with Gasteiger partial charge in [0, 0.05) is 19.4 Å². The van der Waals surface area contributed by atoms with Crippen molar-refractivity contribution in [2.45, 2.75) is 32.7 Å². The lowest BCUT2D eigenvalue weighted by Crippen LogP contribution is -2.32. The molecular weight excluding hydrogens is 212 g/mol. The van der Waals surface area contributed by atoms with Crippen molar-refractivity contribution in [1.82, 2.24) is 10.3 Å². The molecule has 1 aliphatic heterocycles. The molecule has 2 heterocycles. The van der Waals surface area contributed by atoms with Gasteiger partial charge in [0.15, 0.2) is 0 Å². The van der Waals surface area contributed by atoms with Crippen LogP contribution in [0.25, 0.3) is 0 Å². The number of aryl methyl sites for hydroxylation is 1. The Labute approximate surface area is 104 Å². The maximum atomic E-state index is 5.44. The zero-order chi connectivity index (χ0) is 12.1. The number of pyridine rings is 1.